The minimum atomic E-state index is -0.0841. The largest absolute Gasteiger partial charge is 0.379 e. The van der Waals surface area contributed by atoms with E-state index in [1.807, 2.05) is 12.1 Å². The number of nitrogen functional groups attached to an aromatic ring is 1. The topological polar surface area (TPSA) is 61.3 Å². The van der Waals surface area contributed by atoms with Crippen LogP contribution in [0.5, 0.6) is 0 Å². The summed E-state index contributed by atoms with van der Waals surface area (Å²) in [7, 11) is 1.75. The van der Waals surface area contributed by atoms with Crippen LogP contribution in [0.4, 0.5) is 5.88 Å². The predicted octanol–water partition coefficient (Wildman–Crippen LogP) is 3.28. The molecule has 1 heterocycles. The third-order valence-electron chi connectivity index (χ3n) is 3.35. The van der Waals surface area contributed by atoms with Gasteiger partial charge in [-0.15, -0.1) is 0 Å². The molecule has 4 nitrogen and oxygen atoms in total. The van der Waals surface area contributed by atoms with Gasteiger partial charge in [0.2, 0.25) is 5.88 Å². The van der Waals surface area contributed by atoms with E-state index >= 15 is 0 Å². The van der Waals surface area contributed by atoms with Gasteiger partial charge in [-0.2, -0.15) is 0 Å². The van der Waals surface area contributed by atoms with Crippen molar-refractivity contribution in [3.63, 3.8) is 0 Å². The summed E-state index contributed by atoms with van der Waals surface area (Å²) in [6.45, 7) is 4.19. The molecule has 4 heteroatoms. The van der Waals surface area contributed by atoms with Gasteiger partial charge in [0, 0.05) is 18.7 Å². The molecule has 0 amide bonds. The van der Waals surface area contributed by atoms with Crippen LogP contribution >= 0.6 is 0 Å². The maximum absolute atomic E-state index is 5.51. The number of benzene rings is 1. The Balaban J connectivity index is 2.03. The van der Waals surface area contributed by atoms with E-state index < -0.39 is 0 Å². The fourth-order valence-electron chi connectivity index (χ4n) is 1.81. The first kappa shape index (κ1) is 13.6. The second-order valence-electron chi connectivity index (χ2n) is 5.28. The molecule has 0 aliphatic heterocycles. The molecule has 0 aliphatic rings. The zero-order valence-corrected chi connectivity index (χ0v) is 11.6. The highest BCUT2D eigenvalue weighted by molar-refractivity contribution is 5.61. The van der Waals surface area contributed by atoms with E-state index in [-0.39, 0.29) is 5.60 Å². The Morgan fingerprint density at radius 2 is 1.95 bits per heavy atom. The summed E-state index contributed by atoms with van der Waals surface area (Å²) in [4.78, 5) is 0. The van der Waals surface area contributed by atoms with E-state index in [2.05, 4.69) is 31.1 Å². The fourth-order valence-corrected chi connectivity index (χ4v) is 1.81. The molecule has 0 radical (unpaired) electrons. The van der Waals surface area contributed by atoms with Crippen LogP contribution in [0.2, 0.25) is 0 Å². The lowest BCUT2D eigenvalue weighted by atomic mass is 9.98. The van der Waals surface area contributed by atoms with Gasteiger partial charge in [0.25, 0.3) is 0 Å². The molecule has 0 aliphatic carbocycles. The van der Waals surface area contributed by atoms with Gasteiger partial charge >= 0.3 is 0 Å². The number of methoxy groups -OCH3 is 1. The molecule has 0 bridgehead atoms. The molecular formula is C15H20N2O2. The number of nitrogens with zero attached hydrogens (tertiary/aromatic N) is 1. The van der Waals surface area contributed by atoms with Gasteiger partial charge in [-0.1, -0.05) is 29.4 Å². The highest BCUT2D eigenvalue weighted by Gasteiger charge is 2.15. The number of anilines is 1. The van der Waals surface area contributed by atoms with Crippen LogP contribution in [0, 0.1) is 0 Å². The van der Waals surface area contributed by atoms with Crippen LogP contribution in [0.15, 0.2) is 34.9 Å². The second kappa shape index (κ2) is 5.45. The summed E-state index contributed by atoms with van der Waals surface area (Å²) < 4.78 is 10.3. The molecule has 0 spiro atoms. The standard InChI is InChI=1S/C15H20N2O2/c1-15(2,18-3)9-8-11-4-6-12(7-5-11)13-10-14(16)19-17-13/h4-7,10H,8-9,16H2,1-3H3. The SMILES string of the molecule is COC(C)(C)CCc1ccc(-c2cc(N)on2)cc1. The molecule has 2 rings (SSSR count). The zero-order chi connectivity index (χ0) is 13.9. The van der Waals surface area contributed by atoms with Crippen molar-refractivity contribution in [3.05, 3.63) is 35.9 Å². The Morgan fingerprint density at radius 1 is 1.26 bits per heavy atom. The number of nitrogens with two attached hydrogens (primary N) is 1. The summed E-state index contributed by atoms with van der Waals surface area (Å²) in [5.41, 5.74) is 8.49. The Morgan fingerprint density at radius 3 is 2.47 bits per heavy atom. The molecule has 2 aromatic rings. The average Bonchev–Trinajstić information content (AvgIpc) is 2.84. The van der Waals surface area contributed by atoms with Gasteiger partial charge in [-0.3, -0.25) is 0 Å². The lowest BCUT2D eigenvalue weighted by Crippen LogP contribution is -2.22. The minimum absolute atomic E-state index is 0.0841. The maximum atomic E-state index is 5.51. The van der Waals surface area contributed by atoms with Crippen LogP contribution in [-0.4, -0.2) is 17.9 Å². The minimum Gasteiger partial charge on any atom is -0.379 e. The summed E-state index contributed by atoms with van der Waals surface area (Å²) in [5.74, 6) is 0.334. The third-order valence-corrected chi connectivity index (χ3v) is 3.35. The fraction of sp³-hybridized carbons (Fsp3) is 0.400. The van der Waals surface area contributed by atoms with Crippen molar-refractivity contribution < 1.29 is 9.26 Å². The number of aryl methyl sites for hydroxylation is 1. The van der Waals surface area contributed by atoms with Gasteiger partial charge in [0.15, 0.2) is 0 Å². The molecule has 1 aromatic heterocycles. The van der Waals surface area contributed by atoms with Gasteiger partial charge in [0.05, 0.1) is 5.60 Å². The quantitative estimate of drug-likeness (QED) is 0.896. The highest BCUT2D eigenvalue weighted by atomic mass is 16.5. The molecule has 0 unspecified atom stereocenters. The first-order chi connectivity index (χ1) is 9.00. The Labute approximate surface area is 113 Å². The molecule has 2 N–H and O–H groups in total. The van der Waals surface area contributed by atoms with Crippen LogP contribution < -0.4 is 5.73 Å². The second-order valence-corrected chi connectivity index (χ2v) is 5.28. The van der Waals surface area contributed by atoms with Gasteiger partial charge in [-0.05, 0) is 32.3 Å². The smallest absolute Gasteiger partial charge is 0.222 e. The number of hydrogen-bond acceptors (Lipinski definition) is 4. The molecule has 19 heavy (non-hydrogen) atoms. The maximum Gasteiger partial charge on any atom is 0.222 e. The summed E-state index contributed by atoms with van der Waals surface area (Å²) in [6, 6.07) is 10.00. The molecule has 0 fully saturated rings. The van der Waals surface area contributed by atoms with E-state index in [0.717, 1.165) is 24.1 Å². The van der Waals surface area contributed by atoms with Crippen molar-refractivity contribution in [2.45, 2.75) is 32.3 Å². The normalized spacial score (nSPS) is 11.7. The molecule has 102 valence electrons. The van der Waals surface area contributed by atoms with Crippen molar-refractivity contribution in [2.75, 3.05) is 12.8 Å². The number of hydrogen-bond donors (Lipinski definition) is 1. The predicted molar refractivity (Wildman–Crippen MR) is 75.8 cm³/mol. The molecule has 0 saturated carbocycles. The number of aromatic nitrogens is 1. The van der Waals surface area contributed by atoms with Crippen molar-refractivity contribution in [3.8, 4) is 11.3 Å². The van der Waals surface area contributed by atoms with E-state index in [4.69, 9.17) is 15.0 Å². The molecule has 1 aromatic carbocycles. The Hall–Kier alpha value is -1.81. The van der Waals surface area contributed by atoms with Crippen LogP contribution in [0.3, 0.4) is 0 Å². The summed E-state index contributed by atoms with van der Waals surface area (Å²) >= 11 is 0. The lowest BCUT2D eigenvalue weighted by Gasteiger charge is -2.22. The molecule has 0 atom stereocenters. The monoisotopic (exact) mass is 260 g/mol. The first-order valence-corrected chi connectivity index (χ1v) is 6.37. The third kappa shape index (κ3) is 3.58. The van der Waals surface area contributed by atoms with Gasteiger partial charge in [-0.25, -0.2) is 0 Å². The first-order valence-electron chi connectivity index (χ1n) is 6.37. The highest BCUT2D eigenvalue weighted by Crippen LogP contribution is 2.22. The van der Waals surface area contributed by atoms with E-state index in [9.17, 15) is 0 Å². The number of rotatable bonds is 5. The van der Waals surface area contributed by atoms with E-state index in [1.54, 1.807) is 13.2 Å². The summed E-state index contributed by atoms with van der Waals surface area (Å²) in [5, 5.41) is 3.89. The molecule has 0 saturated heterocycles. The van der Waals surface area contributed by atoms with Crippen LogP contribution in [0.1, 0.15) is 25.8 Å². The Kier molecular flexibility index (Phi) is 3.90. The number of ether oxygens (including phenoxy) is 1. The zero-order valence-electron chi connectivity index (χ0n) is 11.6. The lowest BCUT2D eigenvalue weighted by molar-refractivity contribution is 0.0158. The molecular weight excluding hydrogens is 240 g/mol. The Bertz CT molecular complexity index is 529. The van der Waals surface area contributed by atoms with Crippen LogP contribution in [0.25, 0.3) is 11.3 Å². The average molecular weight is 260 g/mol. The van der Waals surface area contributed by atoms with Crippen LogP contribution in [-0.2, 0) is 11.2 Å². The van der Waals surface area contributed by atoms with Crippen molar-refractivity contribution in [1.82, 2.24) is 5.16 Å². The van der Waals surface area contributed by atoms with Crippen molar-refractivity contribution in [2.24, 2.45) is 0 Å². The summed E-state index contributed by atoms with van der Waals surface area (Å²) in [6.07, 6.45) is 1.97. The van der Waals surface area contributed by atoms with E-state index in [0.29, 0.717) is 5.88 Å². The van der Waals surface area contributed by atoms with Gasteiger partial charge < -0.3 is 15.0 Å². The van der Waals surface area contributed by atoms with Crippen molar-refractivity contribution >= 4 is 5.88 Å². The van der Waals surface area contributed by atoms with Gasteiger partial charge in [0.1, 0.15) is 5.69 Å². The van der Waals surface area contributed by atoms with E-state index in [1.165, 1.54) is 5.56 Å². The van der Waals surface area contributed by atoms with Crippen molar-refractivity contribution in [1.29, 1.82) is 0 Å².